The Balaban J connectivity index is 2.26. The zero-order valence-corrected chi connectivity index (χ0v) is 11.8. The van der Waals surface area contributed by atoms with E-state index in [0.717, 1.165) is 5.56 Å². The Labute approximate surface area is 119 Å². The Hall–Kier alpha value is -1.93. The SMILES string of the molecule is CC(Nc1ccc(C#N)c(Br)c1F)c1cccnc1. The summed E-state index contributed by atoms with van der Waals surface area (Å²) < 4.78 is 14.2. The molecule has 0 aliphatic heterocycles. The van der Waals surface area contributed by atoms with Gasteiger partial charge in [-0.2, -0.15) is 5.26 Å². The van der Waals surface area contributed by atoms with Crippen LogP contribution in [0, 0.1) is 17.1 Å². The molecule has 2 rings (SSSR count). The van der Waals surface area contributed by atoms with Crippen LogP contribution in [0.2, 0.25) is 0 Å². The zero-order chi connectivity index (χ0) is 13.8. The van der Waals surface area contributed by atoms with E-state index in [9.17, 15) is 4.39 Å². The first kappa shape index (κ1) is 13.5. The van der Waals surface area contributed by atoms with Gasteiger partial charge in [-0.15, -0.1) is 0 Å². The number of nitrogens with one attached hydrogen (secondary N) is 1. The average Bonchev–Trinajstić information content (AvgIpc) is 2.45. The molecule has 1 unspecified atom stereocenters. The Morgan fingerprint density at radius 2 is 2.21 bits per heavy atom. The summed E-state index contributed by atoms with van der Waals surface area (Å²) in [6.07, 6.45) is 3.42. The summed E-state index contributed by atoms with van der Waals surface area (Å²) in [4.78, 5) is 4.03. The standard InChI is InChI=1S/C14H11BrFN3/c1-9(11-3-2-6-18-8-11)19-12-5-4-10(7-17)13(15)14(12)16/h2-6,8-9,19H,1H3. The summed E-state index contributed by atoms with van der Waals surface area (Å²) in [5, 5.41) is 11.9. The molecule has 1 N–H and O–H groups in total. The molecule has 2 aromatic rings. The third-order valence-corrected chi connectivity index (χ3v) is 3.53. The molecule has 0 fully saturated rings. The molecule has 19 heavy (non-hydrogen) atoms. The van der Waals surface area contributed by atoms with Crippen molar-refractivity contribution < 1.29 is 4.39 Å². The van der Waals surface area contributed by atoms with Gasteiger partial charge in [-0.1, -0.05) is 6.07 Å². The zero-order valence-electron chi connectivity index (χ0n) is 10.2. The summed E-state index contributed by atoms with van der Waals surface area (Å²) in [7, 11) is 0. The van der Waals surface area contributed by atoms with Crippen LogP contribution in [0.4, 0.5) is 10.1 Å². The van der Waals surface area contributed by atoms with E-state index < -0.39 is 5.82 Å². The molecular weight excluding hydrogens is 309 g/mol. The number of nitrogens with zero attached hydrogens (tertiary/aromatic N) is 2. The van der Waals surface area contributed by atoms with Crippen LogP contribution >= 0.6 is 15.9 Å². The fourth-order valence-corrected chi connectivity index (χ4v) is 2.13. The summed E-state index contributed by atoms with van der Waals surface area (Å²) in [5.74, 6) is -0.463. The van der Waals surface area contributed by atoms with Gasteiger partial charge in [0.1, 0.15) is 6.07 Å². The van der Waals surface area contributed by atoms with Crippen molar-refractivity contribution in [3.8, 4) is 6.07 Å². The lowest BCUT2D eigenvalue weighted by atomic mass is 10.1. The van der Waals surface area contributed by atoms with Crippen LogP contribution in [0.1, 0.15) is 24.1 Å². The van der Waals surface area contributed by atoms with Crippen molar-refractivity contribution in [1.29, 1.82) is 5.26 Å². The second-order valence-electron chi connectivity index (χ2n) is 4.05. The molecule has 0 spiro atoms. The smallest absolute Gasteiger partial charge is 0.161 e. The highest BCUT2D eigenvalue weighted by Crippen LogP contribution is 2.28. The van der Waals surface area contributed by atoms with Gasteiger partial charge in [-0.25, -0.2) is 4.39 Å². The molecule has 1 aromatic carbocycles. The van der Waals surface area contributed by atoms with Crippen LogP contribution in [0.15, 0.2) is 41.1 Å². The maximum atomic E-state index is 14.0. The fraction of sp³-hybridized carbons (Fsp3) is 0.143. The minimum atomic E-state index is -0.463. The first-order chi connectivity index (χ1) is 9.13. The van der Waals surface area contributed by atoms with Crippen molar-refractivity contribution >= 4 is 21.6 Å². The summed E-state index contributed by atoms with van der Waals surface area (Å²) >= 11 is 3.09. The van der Waals surface area contributed by atoms with Crippen LogP contribution in [0.5, 0.6) is 0 Å². The fourth-order valence-electron chi connectivity index (χ4n) is 1.70. The molecule has 0 saturated carbocycles. The molecule has 0 saturated heterocycles. The molecule has 0 amide bonds. The van der Waals surface area contributed by atoms with Crippen molar-refractivity contribution in [3.05, 3.63) is 58.1 Å². The Morgan fingerprint density at radius 1 is 1.42 bits per heavy atom. The van der Waals surface area contributed by atoms with Gasteiger partial charge < -0.3 is 5.32 Å². The Morgan fingerprint density at radius 3 is 2.84 bits per heavy atom. The van der Waals surface area contributed by atoms with Crippen LogP contribution in [-0.4, -0.2) is 4.98 Å². The molecule has 96 valence electrons. The van der Waals surface area contributed by atoms with Crippen molar-refractivity contribution in [3.63, 3.8) is 0 Å². The van der Waals surface area contributed by atoms with Crippen molar-refractivity contribution in [1.82, 2.24) is 4.98 Å². The number of hydrogen-bond acceptors (Lipinski definition) is 3. The minimum Gasteiger partial charge on any atom is -0.376 e. The van der Waals surface area contributed by atoms with Crippen LogP contribution in [0.3, 0.4) is 0 Å². The molecule has 0 aliphatic rings. The van der Waals surface area contributed by atoms with Crippen molar-refractivity contribution in [2.45, 2.75) is 13.0 Å². The van der Waals surface area contributed by atoms with Crippen LogP contribution in [-0.2, 0) is 0 Å². The Bertz CT molecular complexity index is 623. The number of anilines is 1. The number of halogens is 2. The van der Waals surface area contributed by atoms with E-state index in [1.54, 1.807) is 24.5 Å². The van der Waals surface area contributed by atoms with Gasteiger partial charge in [0.2, 0.25) is 0 Å². The normalized spacial score (nSPS) is 11.7. The highest BCUT2D eigenvalue weighted by Gasteiger charge is 2.13. The number of rotatable bonds is 3. The maximum Gasteiger partial charge on any atom is 0.161 e. The van der Waals surface area contributed by atoms with E-state index in [0.29, 0.717) is 5.69 Å². The first-order valence-corrected chi connectivity index (χ1v) is 6.47. The number of nitriles is 1. The third kappa shape index (κ3) is 2.91. The predicted molar refractivity (Wildman–Crippen MR) is 75.1 cm³/mol. The van der Waals surface area contributed by atoms with Gasteiger partial charge in [-0.3, -0.25) is 4.98 Å². The molecule has 1 atom stereocenters. The molecule has 1 aromatic heterocycles. The van der Waals surface area contributed by atoms with Gasteiger partial charge in [0.25, 0.3) is 0 Å². The maximum absolute atomic E-state index is 14.0. The average molecular weight is 320 g/mol. The second-order valence-corrected chi connectivity index (χ2v) is 4.85. The van der Waals surface area contributed by atoms with Crippen molar-refractivity contribution in [2.75, 3.05) is 5.32 Å². The lowest BCUT2D eigenvalue weighted by Crippen LogP contribution is -2.08. The third-order valence-electron chi connectivity index (χ3n) is 2.76. The van der Waals surface area contributed by atoms with Crippen LogP contribution in [0.25, 0.3) is 0 Å². The highest BCUT2D eigenvalue weighted by atomic mass is 79.9. The topological polar surface area (TPSA) is 48.7 Å². The molecule has 1 heterocycles. The molecule has 0 bridgehead atoms. The summed E-state index contributed by atoms with van der Waals surface area (Å²) in [5.41, 5.74) is 1.58. The summed E-state index contributed by atoms with van der Waals surface area (Å²) in [6.45, 7) is 1.92. The molecule has 0 aliphatic carbocycles. The van der Waals surface area contributed by atoms with Gasteiger partial charge in [-0.05, 0) is 46.6 Å². The van der Waals surface area contributed by atoms with Gasteiger partial charge in [0.15, 0.2) is 5.82 Å². The van der Waals surface area contributed by atoms with Crippen molar-refractivity contribution in [2.24, 2.45) is 0 Å². The lowest BCUT2D eigenvalue weighted by molar-refractivity contribution is 0.620. The van der Waals surface area contributed by atoms with E-state index >= 15 is 0 Å². The first-order valence-electron chi connectivity index (χ1n) is 5.68. The number of pyridine rings is 1. The van der Waals surface area contributed by atoms with Gasteiger partial charge >= 0.3 is 0 Å². The van der Waals surface area contributed by atoms with Gasteiger partial charge in [0, 0.05) is 12.4 Å². The second kappa shape index (κ2) is 5.81. The lowest BCUT2D eigenvalue weighted by Gasteiger charge is -2.16. The number of hydrogen-bond donors (Lipinski definition) is 1. The van der Waals surface area contributed by atoms with E-state index in [1.807, 2.05) is 25.1 Å². The quantitative estimate of drug-likeness (QED) is 0.929. The Kier molecular flexibility index (Phi) is 4.13. The van der Waals surface area contributed by atoms with Crippen LogP contribution < -0.4 is 5.32 Å². The highest BCUT2D eigenvalue weighted by molar-refractivity contribution is 9.10. The molecule has 0 radical (unpaired) electrons. The number of benzene rings is 1. The minimum absolute atomic E-state index is 0.0805. The summed E-state index contributed by atoms with van der Waals surface area (Å²) in [6, 6.07) is 8.73. The van der Waals surface area contributed by atoms with E-state index in [2.05, 4.69) is 26.2 Å². The monoisotopic (exact) mass is 319 g/mol. The molecular formula is C14H11BrFN3. The van der Waals surface area contributed by atoms with E-state index in [1.165, 1.54) is 0 Å². The molecule has 5 heteroatoms. The van der Waals surface area contributed by atoms with Gasteiger partial charge in [0.05, 0.1) is 21.8 Å². The van der Waals surface area contributed by atoms with E-state index in [4.69, 9.17) is 5.26 Å². The number of aromatic nitrogens is 1. The molecule has 3 nitrogen and oxygen atoms in total. The predicted octanol–water partition coefficient (Wildman–Crippen LogP) is 4.03. The van der Waals surface area contributed by atoms with E-state index in [-0.39, 0.29) is 16.1 Å². The largest absolute Gasteiger partial charge is 0.376 e.